The van der Waals surface area contributed by atoms with E-state index in [1.54, 1.807) is 30.7 Å². The van der Waals surface area contributed by atoms with Crippen molar-refractivity contribution in [2.24, 2.45) is 5.73 Å². The number of nitriles is 1. The van der Waals surface area contributed by atoms with E-state index < -0.39 is 5.82 Å². The molecule has 1 aromatic carbocycles. The van der Waals surface area contributed by atoms with Crippen LogP contribution in [0.2, 0.25) is 0 Å². The number of nitrogens with one attached hydrogen (secondary N) is 1. The number of anilines is 1. The number of imidazole rings is 1. The topological polar surface area (TPSA) is 108 Å². The molecule has 7 nitrogen and oxygen atoms in total. The number of fused-ring (bicyclic) bond motifs is 1. The second-order valence-corrected chi connectivity index (χ2v) is 8.63. The van der Waals surface area contributed by atoms with E-state index in [-0.39, 0.29) is 11.1 Å². The van der Waals surface area contributed by atoms with Crippen LogP contribution in [0.5, 0.6) is 0 Å². The van der Waals surface area contributed by atoms with E-state index in [9.17, 15) is 9.65 Å². The van der Waals surface area contributed by atoms with Gasteiger partial charge in [0.1, 0.15) is 17.7 Å². The summed E-state index contributed by atoms with van der Waals surface area (Å²) in [6.07, 6.45) is 6.08. The molecule has 32 heavy (non-hydrogen) atoms. The summed E-state index contributed by atoms with van der Waals surface area (Å²) in [6.45, 7) is 5.46. The molecular weight excluding hydrogens is 405 g/mol. The Morgan fingerprint density at radius 2 is 2.06 bits per heavy atom. The van der Waals surface area contributed by atoms with Crippen LogP contribution < -0.4 is 10.6 Å². The minimum atomic E-state index is -0.545. The van der Waals surface area contributed by atoms with Gasteiger partial charge in [0.2, 0.25) is 0 Å². The van der Waals surface area contributed by atoms with Crippen LogP contribution >= 0.6 is 0 Å². The van der Waals surface area contributed by atoms with Crippen LogP contribution in [0.25, 0.3) is 33.7 Å². The summed E-state index contributed by atoms with van der Waals surface area (Å²) in [7, 11) is 0. The fraction of sp³-hybridized carbons (Fsp3) is 0.250. The third kappa shape index (κ3) is 3.37. The second-order valence-electron chi connectivity index (χ2n) is 8.63. The van der Waals surface area contributed by atoms with Crippen LogP contribution in [0.4, 0.5) is 10.1 Å². The summed E-state index contributed by atoms with van der Waals surface area (Å²) in [4.78, 5) is 19.2. The Morgan fingerprint density at radius 1 is 1.25 bits per heavy atom. The summed E-state index contributed by atoms with van der Waals surface area (Å²) >= 11 is 0. The minimum Gasteiger partial charge on any atom is -0.368 e. The molecule has 1 aliphatic rings. The van der Waals surface area contributed by atoms with Gasteiger partial charge >= 0.3 is 0 Å². The standard InChI is InChI=1S/C24H22FN7/c1-14-5-7-29-23-20(14)30-22(31-23)18-12-28-11-17(15-3-4-19(25)16(9-15)10-26)21(18)32-8-6-24(2,27)13-32/h3-5,7,9,11-12H,6,8,13,27H2,1-2H3,(H,29,30,31)/t24-/m0/s1. The molecule has 0 saturated carbocycles. The average Bonchev–Trinajstić information content (AvgIpc) is 3.37. The number of pyridine rings is 2. The molecule has 0 spiro atoms. The molecule has 3 N–H and O–H groups in total. The largest absolute Gasteiger partial charge is 0.368 e. The molecule has 5 rings (SSSR count). The molecule has 1 atom stereocenters. The van der Waals surface area contributed by atoms with Gasteiger partial charge in [-0.2, -0.15) is 5.26 Å². The second kappa shape index (κ2) is 7.39. The molecule has 3 aromatic heterocycles. The number of aryl methyl sites for hydroxylation is 1. The molecule has 0 unspecified atom stereocenters. The smallest absolute Gasteiger partial charge is 0.178 e. The van der Waals surface area contributed by atoms with Crippen molar-refractivity contribution in [3.05, 3.63) is 59.8 Å². The first-order valence-corrected chi connectivity index (χ1v) is 10.4. The number of hydrogen-bond acceptors (Lipinski definition) is 6. The van der Waals surface area contributed by atoms with Gasteiger partial charge < -0.3 is 15.6 Å². The number of aromatic amines is 1. The Hall–Kier alpha value is -3.83. The molecule has 4 heterocycles. The average molecular weight is 427 g/mol. The zero-order valence-corrected chi connectivity index (χ0v) is 17.9. The normalized spacial score (nSPS) is 18.3. The summed E-state index contributed by atoms with van der Waals surface area (Å²) < 4.78 is 14.0. The summed E-state index contributed by atoms with van der Waals surface area (Å²) in [5.74, 6) is 0.107. The Labute approximate surface area is 184 Å². The highest BCUT2D eigenvalue weighted by molar-refractivity contribution is 5.91. The van der Waals surface area contributed by atoms with E-state index >= 15 is 0 Å². The molecule has 0 amide bonds. The van der Waals surface area contributed by atoms with Gasteiger partial charge in [0.15, 0.2) is 5.65 Å². The van der Waals surface area contributed by atoms with Crippen LogP contribution in [0.1, 0.15) is 24.5 Å². The first-order valence-electron chi connectivity index (χ1n) is 10.4. The first-order chi connectivity index (χ1) is 15.4. The summed E-state index contributed by atoms with van der Waals surface area (Å²) in [6, 6.07) is 8.40. The monoisotopic (exact) mass is 427 g/mol. The summed E-state index contributed by atoms with van der Waals surface area (Å²) in [5.41, 5.74) is 11.9. The number of aromatic nitrogens is 4. The van der Waals surface area contributed by atoms with E-state index in [0.717, 1.165) is 40.9 Å². The van der Waals surface area contributed by atoms with Crippen molar-refractivity contribution in [2.45, 2.75) is 25.8 Å². The number of halogens is 1. The molecule has 4 aromatic rings. The van der Waals surface area contributed by atoms with E-state index in [4.69, 9.17) is 10.7 Å². The van der Waals surface area contributed by atoms with Crippen molar-refractivity contribution in [3.8, 4) is 28.6 Å². The predicted octanol–water partition coefficient (Wildman–Crippen LogP) is 3.93. The highest BCUT2D eigenvalue weighted by atomic mass is 19.1. The Morgan fingerprint density at radius 3 is 2.78 bits per heavy atom. The highest BCUT2D eigenvalue weighted by Crippen LogP contribution is 2.41. The van der Waals surface area contributed by atoms with E-state index in [1.807, 2.05) is 26.0 Å². The highest BCUT2D eigenvalue weighted by Gasteiger charge is 2.33. The Kier molecular flexibility index (Phi) is 4.64. The van der Waals surface area contributed by atoms with Gasteiger partial charge in [0.05, 0.1) is 22.3 Å². The fourth-order valence-electron chi connectivity index (χ4n) is 4.30. The van der Waals surface area contributed by atoms with Crippen molar-refractivity contribution in [2.75, 3.05) is 18.0 Å². The molecular formula is C24H22FN7. The van der Waals surface area contributed by atoms with Gasteiger partial charge in [0.25, 0.3) is 0 Å². The first kappa shape index (κ1) is 20.1. The lowest BCUT2D eigenvalue weighted by molar-refractivity contribution is 0.525. The van der Waals surface area contributed by atoms with Gasteiger partial charge in [-0.15, -0.1) is 0 Å². The Balaban J connectivity index is 1.75. The third-order valence-corrected chi connectivity index (χ3v) is 5.99. The number of rotatable bonds is 3. The van der Waals surface area contributed by atoms with Crippen LogP contribution in [0, 0.1) is 24.1 Å². The van der Waals surface area contributed by atoms with Crippen molar-refractivity contribution in [1.82, 2.24) is 19.9 Å². The maximum Gasteiger partial charge on any atom is 0.178 e. The van der Waals surface area contributed by atoms with Crippen LogP contribution in [-0.4, -0.2) is 38.6 Å². The quantitative estimate of drug-likeness (QED) is 0.513. The Bertz CT molecular complexity index is 1380. The number of hydrogen-bond donors (Lipinski definition) is 2. The van der Waals surface area contributed by atoms with E-state index in [1.165, 1.54) is 6.07 Å². The van der Waals surface area contributed by atoms with Gasteiger partial charge in [-0.1, -0.05) is 6.07 Å². The predicted molar refractivity (Wildman–Crippen MR) is 121 cm³/mol. The lowest BCUT2D eigenvalue weighted by atomic mass is 9.99. The number of benzene rings is 1. The molecule has 8 heteroatoms. The van der Waals surface area contributed by atoms with Crippen LogP contribution in [0.3, 0.4) is 0 Å². The minimum absolute atomic E-state index is 0.00694. The molecule has 0 bridgehead atoms. The lowest BCUT2D eigenvalue weighted by Gasteiger charge is -2.26. The van der Waals surface area contributed by atoms with Gasteiger partial charge in [-0.25, -0.2) is 14.4 Å². The van der Waals surface area contributed by atoms with Crippen molar-refractivity contribution >= 4 is 16.9 Å². The SMILES string of the molecule is Cc1ccnc2nc(-c3cncc(-c4ccc(F)c(C#N)c4)c3N3CC[C@](C)(N)C3)[nH]c12. The molecule has 1 aliphatic heterocycles. The van der Waals surface area contributed by atoms with Gasteiger partial charge in [-0.3, -0.25) is 4.98 Å². The maximum absolute atomic E-state index is 14.0. The molecule has 1 fully saturated rings. The molecule has 1 saturated heterocycles. The van der Waals surface area contributed by atoms with E-state index in [0.29, 0.717) is 23.6 Å². The van der Waals surface area contributed by atoms with Crippen molar-refractivity contribution in [3.63, 3.8) is 0 Å². The van der Waals surface area contributed by atoms with Crippen LogP contribution in [-0.2, 0) is 0 Å². The van der Waals surface area contributed by atoms with Crippen molar-refractivity contribution in [1.29, 1.82) is 5.26 Å². The third-order valence-electron chi connectivity index (χ3n) is 5.99. The summed E-state index contributed by atoms with van der Waals surface area (Å²) in [5, 5.41) is 9.32. The number of nitrogens with two attached hydrogens (primary N) is 1. The molecule has 0 aliphatic carbocycles. The van der Waals surface area contributed by atoms with Gasteiger partial charge in [0, 0.05) is 42.8 Å². The lowest BCUT2D eigenvalue weighted by Crippen LogP contribution is -2.39. The maximum atomic E-state index is 14.0. The van der Waals surface area contributed by atoms with Crippen molar-refractivity contribution < 1.29 is 4.39 Å². The van der Waals surface area contributed by atoms with Crippen LogP contribution in [0.15, 0.2) is 42.9 Å². The number of H-pyrrole nitrogens is 1. The molecule has 0 radical (unpaired) electrons. The van der Waals surface area contributed by atoms with Gasteiger partial charge in [-0.05, 0) is 49.6 Å². The zero-order chi connectivity index (χ0) is 22.5. The fourth-order valence-corrected chi connectivity index (χ4v) is 4.30. The zero-order valence-electron chi connectivity index (χ0n) is 17.9. The van der Waals surface area contributed by atoms with E-state index in [2.05, 4.69) is 19.9 Å². The molecule has 160 valence electrons. The number of nitrogens with zero attached hydrogens (tertiary/aromatic N) is 5.